The molecule has 0 amide bonds. The van der Waals surface area contributed by atoms with Crippen molar-refractivity contribution in [2.75, 3.05) is 40.1 Å². The summed E-state index contributed by atoms with van der Waals surface area (Å²) >= 11 is 0. The van der Waals surface area contributed by atoms with Gasteiger partial charge >= 0.3 is 0 Å². The summed E-state index contributed by atoms with van der Waals surface area (Å²) in [6, 6.07) is 3.96. The molecule has 21 heavy (non-hydrogen) atoms. The molecule has 116 valence electrons. The first-order valence-corrected chi connectivity index (χ1v) is 7.79. The molecular weight excluding hydrogens is 268 g/mol. The zero-order valence-corrected chi connectivity index (χ0v) is 12.7. The van der Waals surface area contributed by atoms with Crippen molar-refractivity contribution in [3.63, 3.8) is 0 Å². The molecule has 0 atom stereocenters. The van der Waals surface area contributed by atoms with Crippen molar-refractivity contribution in [1.82, 2.24) is 10.2 Å². The van der Waals surface area contributed by atoms with Gasteiger partial charge in [-0.2, -0.15) is 0 Å². The van der Waals surface area contributed by atoms with Crippen LogP contribution in [-0.4, -0.2) is 45.0 Å². The molecule has 0 aliphatic carbocycles. The van der Waals surface area contributed by atoms with Gasteiger partial charge in [-0.05, 0) is 45.5 Å². The van der Waals surface area contributed by atoms with E-state index in [1.807, 2.05) is 19.2 Å². The topological polar surface area (TPSA) is 43.0 Å². The first kappa shape index (κ1) is 14.5. The Hall–Kier alpha value is -1.46. The van der Waals surface area contributed by atoms with E-state index < -0.39 is 0 Å². The van der Waals surface area contributed by atoms with Crippen LogP contribution in [0, 0.1) is 0 Å². The third kappa shape index (κ3) is 3.60. The Morgan fingerprint density at radius 1 is 1.19 bits per heavy atom. The van der Waals surface area contributed by atoms with Crippen molar-refractivity contribution in [3.05, 3.63) is 17.7 Å². The van der Waals surface area contributed by atoms with Gasteiger partial charge in [-0.15, -0.1) is 0 Å². The lowest BCUT2D eigenvalue weighted by atomic mass is 10.1. The molecule has 3 rings (SSSR count). The van der Waals surface area contributed by atoms with Gasteiger partial charge in [0, 0.05) is 24.7 Å². The molecule has 1 fully saturated rings. The predicted octanol–water partition coefficient (Wildman–Crippen LogP) is 2.00. The lowest BCUT2D eigenvalue weighted by molar-refractivity contribution is 0.173. The van der Waals surface area contributed by atoms with E-state index in [1.54, 1.807) is 0 Å². The Morgan fingerprint density at radius 3 is 2.71 bits per heavy atom. The van der Waals surface area contributed by atoms with Crippen molar-refractivity contribution < 1.29 is 14.2 Å². The minimum absolute atomic E-state index is 0.298. The van der Waals surface area contributed by atoms with Gasteiger partial charge in [-0.1, -0.05) is 0 Å². The molecule has 0 radical (unpaired) electrons. The number of fused-ring (bicyclic) bond motifs is 1. The lowest BCUT2D eigenvalue weighted by Gasteiger charge is -2.16. The van der Waals surface area contributed by atoms with Crippen molar-refractivity contribution in [1.29, 1.82) is 0 Å². The summed E-state index contributed by atoms with van der Waals surface area (Å²) in [5.74, 6) is 2.49. The second kappa shape index (κ2) is 7.00. The second-order valence-electron chi connectivity index (χ2n) is 5.59. The summed E-state index contributed by atoms with van der Waals surface area (Å²) in [5, 5.41) is 3.17. The maximum Gasteiger partial charge on any atom is 0.231 e. The van der Waals surface area contributed by atoms with Crippen molar-refractivity contribution in [2.24, 2.45) is 0 Å². The van der Waals surface area contributed by atoms with Crippen LogP contribution in [0.15, 0.2) is 12.1 Å². The van der Waals surface area contributed by atoms with Gasteiger partial charge in [0.05, 0.1) is 6.61 Å². The van der Waals surface area contributed by atoms with Crippen LogP contribution in [0.5, 0.6) is 17.2 Å². The van der Waals surface area contributed by atoms with Gasteiger partial charge < -0.3 is 24.4 Å². The monoisotopic (exact) mass is 292 g/mol. The predicted molar refractivity (Wildman–Crippen MR) is 81.1 cm³/mol. The van der Waals surface area contributed by atoms with E-state index in [9.17, 15) is 0 Å². The molecule has 0 unspecified atom stereocenters. The van der Waals surface area contributed by atoms with Gasteiger partial charge in [0.15, 0.2) is 11.5 Å². The van der Waals surface area contributed by atoms with Crippen LogP contribution in [0.4, 0.5) is 0 Å². The fourth-order valence-electron chi connectivity index (χ4n) is 2.90. The van der Waals surface area contributed by atoms with Gasteiger partial charge in [0.1, 0.15) is 5.75 Å². The highest BCUT2D eigenvalue weighted by molar-refractivity contribution is 5.51. The lowest BCUT2D eigenvalue weighted by Crippen LogP contribution is -2.22. The fraction of sp³-hybridized carbons (Fsp3) is 0.625. The second-order valence-corrected chi connectivity index (χ2v) is 5.59. The van der Waals surface area contributed by atoms with E-state index in [-0.39, 0.29) is 0 Å². The van der Waals surface area contributed by atoms with Crippen LogP contribution in [0.25, 0.3) is 0 Å². The Labute approximate surface area is 126 Å². The van der Waals surface area contributed by atoms with Crippen LogP contribution >= 0.6 is 0 Å². The van der Waals surface area contributed by atoms with Crippen molar-refractivity contribution in [3.8, 4) is 17.2 Å². The molecule has 1 saturated heterocycles. The highest BCUT2D eigenvalue weighted by Gasteiger charge is 2.18. The van der Waals surface area contributed by atoms with E-state index in [0.29, 0.717) is 6.79 Å². The number of likely N-dealkylation sites (tertiary alicyclic amines) is 1. The Kier molecular flexibility index (Phi) is 4.83. The molecule has 5 heteroatoms. The van der Waals surface area contributed by atoms with Gasteiger partial charge in [-0.25, -0.2) is 0 Å². The van der Waals surface area contributed by atoms with Crippen molar-refractivity contribution >= 4 is 0 Å². The maximum atomic E-state index is 5.97. The minimum atomic E-state index is 0.298. The van der Waals surface area contributed by atoms with Gasteiger partial charge in [0.25, 0.3) is 0 Å². The SMILES string of the molecule is CNCc1cc2c(cc1OCCCN1CCCC1)OCO2. The van der Waals surface area contributed by atoms with Crippen LogP contribution < -0.4 is 19.5 Å². The summed E-state index contributed by atoms with van der Waals surface area (Å²) in [4.78, 5) is 2.51. The summed E-state index contributed by atoms with van der Waals surface area (Å²) in [6.45, 7) is 5.42. The van der Waals surface area contributed by atoms with E-state index >= 15 is 0 Å². The summed E-state index contributed by atoms with van der Waals surface area (Å²) in [6.07, 6.45) is 3.75. The minimum Gasteiger partial charge on any atom is -0.493 e. The third-order valence-electron chi connectivity index (χ3n) is 4.00. The largest absolute Gasteiger partial charge is 0.493 e. The van der Waals surface area contributed by atoms with Gasteiger partial charge in [-0.3, -0.25) is 0 Å². The summed E-state index contributed by atoms with van der Waals surface area (Å²) < 4.78 is 16.8. The van der Waals surface area contributed by atoms with E-state index in [0.717, 1.165) is 48.9 Å². The number of hydrogen-bond acceptors (Lipinski definition) is 5. The highest BCUT2D eigenvalue weighted by Crippen LogP contribution is 2.38. The Balaban J connectivity index is 1.55. The molecule has 0 aromatic heterocycles. The van der Waals surface area contributed by atoms with E-state index in [2.05, 4.69) is 10.2 Å². The number of hydrogen-bond donors (Lipinski definition) is 1. The number of nitrogens with zero attached hydrogens (tertiary/aromatic N) is 1. The molecular formula is C16H24N2O3. The van der Waals surface area contributed by atoms with Crippen LogP contribution in [0.3, 0.4) is 0 Å². The Bertz CT molecular complexity index is 473. The van der Waals surface area contributed by atoms with Crippen LogP contribution in [0.1, 0.15) is 24.8 Å². The third-order valence-corrected chi connectivity index (χ3v) is 4.00. The molecule has 0 saturated carbocycles. The zero-order valence-electron chi connectivity index (χ0n) is 12.7. The first-order valence-electron chi connectivity index (χ1n) is 7.79. The number of ether oxygens (including phenoxy) is 3. The quantitative estimate of drug-likeness (QED) is 0.779. The van der Waals surface area contributed by atoms with E-state index in [4.69, 9.17) is 14.2 Å². The maximum absolute atomic E-state index is 5.97. The fourth-order valence-corrected chi connectivity index (χ4v) is 2.90. The molecule has 0 bridgehead atoms. The van der Waals surface area contributed by atoms with Gasteiger partial charge in [0.2, 0.25) is 6.79 Å². The highest BCUT2D eigenvalue weighted by atomic mass is 16.7. The molecule has 5 nitrogen and oxygen atoms in total. The van der Waals surface area contributed by atoms with Crippen molar-refractivity contribution in [2.45, 2.75) is 25.8 Å². The molecule has 1 aromatic rings. The van der Waals surface area contributed by atoms with Crippen LogP contribution in [0.2, 0.25) is 0 Å². The Morgan fingerprint density at radius 2 is 1.95 bits per heavy atom. The molecule has 2 heterocycles. The summed E-state index contributed by atoms with van der Waals surface area (Å²) in [7, 11) is 1.93. The average Bonchev–Trinajstić information content (AvgIpc) is 3.14. The number of nitrogens with one attached hydrogen (secondary N) is 1. The smallest absolute Gasteiger partial charge is 0.231 e. The zero-order chi connectivity index (χ0) is 14.5. The molecule has 1 aromatic carbocycles. The summed E-state index contributed by atoms with van der Waals surface area (Å²) in [5.41, 5.74) is 1.11. The first-order chi connectivity index (χ1) is 10.4. The number of benzene rings is 1. The molecule has 0 spiro atoms. The van der Waals surface area contributed by atoms with E-state index in [1.165, 1.54) is 25.9 Å². The normalized spacial score (nSPS) is 17.4. The molecule has 2 aliphatic heterocycles. The standard InChI is InChI=1S/C16H24N2O3/c1-17-11-13-9-15-16(21-12-20-15)10-14(13)19-8-4-7-18-5-2-3-6-18/h9-10,17H,2-8,11-12H2,1H3. The molecule has 2 aliphatic rings. The van der Waals surface area contributed by atoms with Crippen LogP contribution in [-0.2, 0) is 6.54 Å². The average molecular weight is 292 g/mol. The number of rotatable bonds is 7. The molecule has 1 N–H and O–H groups in total.